The Kier molecular flexibility index (Phi) is 2.87. The molecule has 0 spiro atoms. The van der Waals surface area contributed by atoms with Crippen LogP contribution in [0.15, 0.2) is 0 Å². The smallest absolute Gasteiger partial charge is 0.128 e. The van der Waals surface area contributed by atoms with E-state index in [0.29, 0.717) is 11.8 Å². The molecule has 0 radical (unpaired) electrons. The van der Waals surface area contributed by atoms with E-state index in [4.69, 9.17) is 9.78 Å². The first kappa shape index (κ1) is 8.97. The largest absolute Gasteiger partial charge is 0.200 e. The van der Waals surface area contributed by atoms with E-state index in [1.165, 1.54) is 0 Å². The van der Waals surface area contributed by atoms with Gasteiger partial charge < -0.3 is 0 Å². The second kappa shape index (κ2) is 3.52. The fourth-order valence-corrected chi connectivity index (χ4v) is 1.20. The molecule has 1 saturated heterocycles. The molecule has 0 unspecified atom stereocenters. The van der Waals surface area contributed by atoms with E-state index >= 15 is 0 Å². The maximum Gasteiger partial charge on any atom is 0.128 e. The lowest BCUT2D eigenvalue weighted by atomic mass is 9.94. The maximum absolute atomic E-state index is 4.97. The highest BCUT2D eigenvalue weighted by molar-refractivity contribution is 4.76. The van der Waals surface area contributed by atoms with Gasteiger partial charge in [-0.2, -0.15) is 9.78 Å². The zero-order valence-electron chi connectivity index (χ0n) is 7.53. The molecule has 0 aromatic heterocycles. The van der Waals surface area contributed by atoms with Gasteiger partial charge in [0.15, 0.2) is 0 Å². The van der Waals surface area contributed by atoms with E-state index in [1.54, 1.807) is 0 Å². The monoisotopic (exact) mass is 160 g/mol. The van der Waals surface area contributed by atoms with Gasteiger partial charge in [0.05, 0.1) is 0 Å². The minimum absolute atomic E-state index is 0.0787. The lowest BCUT2D eigenvalue weighted by Crippen LogP contribution is -2.31. The Morgan fingerprint density at radius 2 is 1.18 bits per heavy atom. The second-order valence-electron chi connectivity index (χ2n) is 3.68. The van der Waals surface area contributed by atoms with Crippen molar-refractivity contribution in [3.8, 4) is 0 Å². The molecule has 0 aliphatic carbocycles. The Morgan fingerprint density at radius 1 is 0.818 bits per heavy atom. The Balaban J connectivity index is 2.51. The zero-order chi connectivity index (χ0) is 8.43. The predicted molar refractivity (Wildman–Crippen MR) is 40.5 cm³/mol. The highest BCUT2D eigenvalue weighted by Gasteiger charge is 2.36. The van der Waals surface area contributed by atoms with Crippen LogP contribution in [0.4, 0.5) is 0 Å². The molecule has 2 atom stereocenters. The van der Waals surface area contributed by atoms with Crippen LogP contribution < -0.4 is 0 Å². The first-order chi connectivity index (χ1) is 5.13. The molecule has 11 heavy (non-hydrogen) atoms. The van der Waals surface area contributed by atoms with Crippen molar-refractivity contribution in [1.29, 1.82) is 0 Å². The molecule has 1 fully saturated rings. The van der Waals surface area contributed by atoms with Gasteiger partial charge in [0, 0.05) is 0 Å². The van der Waals surface area contributed by atoms with Crippen molar-refractivity contribution in [1.82, 2.24) is 0 Å². The molecule has 1 heterocycles. The Morgan fingerprint density at radius 3 is 1.45 bits per heavy atom. The van der Waals surface area contributed by atoms with Crippen LogP contribution >= 0.6 is 0 Å². The normalized spacial score (nSPS) is 32.2. The quantitative estimate of drug-likeness (QED) is 0.578. The molecule has 3 heteroatoms. The fraction of sp³-hybridized carbons (Fsp3) is 1.00. The van der Waals surface area contributed by atoms with E-state index in [0.717, 1.165) is 0 Å². The van der Waals surface area contributed by atoms with Crippen molar-refractivity contribution in [2.75, 3.05) is 0 Å². The van der Waals surface area contributed by atoms with Gasteiger partial charge in [-0.25, -0.2) is 0 Å². The van der Waals surface area contributed by atoms with Crippen molar-refractivity contribution in [2.24, 2.45) is 11.8 Å². The summed E-state index contributed by atoms with van der Waals surface area (Å²) < 4.78 is 0. The number of hydrogen-bond acceptors (Lipinski definition) is 3. The minimum atomic E-state index is 0.0787. The summed E-state index contributed by atoms with van der Waals surface area (Å²) in [7, 11) is 0. The van der Waals surface area contributed by atoms with Crippen molar-refractivity contribution in [3.63, 3.8) is 0 Å². The van der Waals surface area contributed by atoms with Gasteiger partial charge >= 0.3 is 0 Å². The van der Waals surface area contributed by atoms with E-state index in [9.17, 15) is 0 Å². The molecular formula is C8H16O3. The van der Waals surface area contributed by atoms with Crippen molar-refractivity contribution in [3.05, 3.63) is 0 Å². The third-order valence-corrected chi connectivity index (χ3v) is 1.94. The molecule has 0 amide bonds. The molecule has 3 nitrogen and oxygen atoms in total. The molecule has 1 aliphatic heterocycles. The summed E-state index contributed by atoms with van der Waals surface area (Å²) in [6.45, 7) is 8.38. The lowest BCUT2D eigenvalue weighted by Gasteiger charge is -2.19. The van der Waals surface area contributed by atoms with Crippen LogP contribution in [-0.2, 0) is 14.8 Å². The third kappa shape index (κ3) is 1.92. The lowest BCUT2D eigenvalue weighted by molar-refractivity contribution is -0.468. The first-order valence-electron chi connectivity index (χ1n) is 4.11. The van der Waals surface area contributed by atoms with Crippen LogP contribution in [0.25, 0.3) is 0 Å². The second-order valence-corrected chi connectivity index (χ2v) is 3.68. The third-order valence-electron chi connectivity index (χ3n) is 1.94. The number of rotatable bonds is 2. The fourth-order valence-electron chi connectivity index (χ4n) is 1.20. The Hall–Kier alpha value is -0.120. The molecule has 0 N–H and O–H groups in total. The molecule has 0 aromatic carbocycles. The summed E-state index contributed by atoms with van der Waals surface area (Å²) in [5.41, 5.74) is 0. The molecule has 66 valence electrons. The summed E-state index contributed by atoms with van der Waals surface area (Å²) in [5, 5.41) is 4.49. The SMILES string of the molecule is CC(C)[C@H]1OOO[C@H]1C(C)C. The predicted octanol–water partition coefficient (Wildman–Crippen LogP) is 1.93. The van der Waals surface area contributed by atoms with Crippen molar-refractivity contribution in [2.45, 2.75) is 39.9 Å². The zero-order valence-corrected chi connectivity index (χ0v) is 7.53. The summed E-state index contributed by atoms with van der Waals surface area (Å²) in [4.78, 5) is 9.93. The van der Waals surface area contributed by atoms with Gasteiger partial charge in [0.25, 0.3) is 0 Å². The molecule has 0 bridgehead atoms. The topological polar surface area (TPSA) is 27.7 Å². The van der Waals surface area contributed by atoms with Crippen LogP contribution in [-0.4, -0.2) is 12.2 Å². The Labute approximate surface area is 67.5 Å². The summed E-state index contributed by atoms with van der Waals surface area (Å²) in [5.74, 6) is 0.870. The average Bonchev–Trinajstić information content (AvgIpc) is 2.32. The highest BCUT2D eigenvalue weighted by Crippen LogP contribution is 2.26. The molecule has 1 rings (SSSR count). The van der Waals surface area contributed by atoms with Gasteiger partial charge in [-0.15, -0.1) is 0 Å². The molecule has 0 aromatic rings. The van der Waals surface area contributed by atoms with Crippen LogP contribution in [0.5, 0.6) is 0 Å². The Bertz CT molecular complexity index is 109. The average molecular weight is 160 g/mol. The standard InChI is InChI=1S/C8H16O3/c1-5(2)7-8(6(3)4)10-11-9-7/h5-8H,1-4H3/t7-,8+. The van der Waals surface area contributed by atoms with E-state index < -0.39 is 0 Å². The van der Waals surface area contributed by atoms with E-state index in [2.05, 4.69) is 32.7 Å². The summed E-state index contributed by atoms with van der Waals surface area (Å²) >= 11 is 0. The van der Waals surface area contributed by atoms with Crippen LogP contribution in [0.3, 0.4) is 0 Å². The van der Waals surface area contributed by atoms with Crippen molar-refractivity contribution >= 4 is 0 Å². The summed E-state index contributed by atoms with van der Waals surface area (Å²) in [6.07, 6.45) is 0.157. The van der Waals surface area contributed by atoms with Crippen LogP contribution in [0.1, 0.15) is 27.7 Å². The number of hydrogen-bond donors (Lipinski definition) is 0. The highest BCUT2D eigenvalue weighted by atomic mass is 17.5. The van der Waals surface area contributed by atoms with Gasteiger partial charge in [-0.1, -0.05) is 32.7 Å². The summed E-state index contributed by atoms with van der Waals surface area (Å²) in [6, 6.07) is 0. The van der Waals surface area contributed by atoms with E-state index in [-0.39, 0.29) is 12.2 Å². The van der Waals surface area contributed by atoms with Crippen LogP contribution in [0, 0.1) is 11.8 Å². The first-order valence-corrected chi connectivity index (χ1v) is 4.11. The van der Waals surface area contributed by atoms with Crippen LogP contribution in [0.2, 0.25) is 0 Å². The van der Waals surface area contributed by atoms with Gasteiger partial charge in [0.1, 0.15) is 12.2 Å². The minimum Gasteiger partial charge on any atom is -0.200 e. The maximum atomic E-state index is 4.97. The molecular weight excluding hydrogens is 144 g/mol. The van der Waals surface area contributed by atoms with Gasteiger partial charge in [0.2, 0.25) is 0 Å². The molecule has 1 aliphatic rings. The van der Waals surface area contributed by atoms with E-state index in [1.807, 2.05) is 0 Å². The van der Waals surface area contributed by atoms with Gasteiger partial charge in [-0.3, -0.25) is 0 Å². The van der Waals surface area contributed by atoms with Gasteiger partial charge in [-0.05, 0) is 11.8 Å². The van der Waals surface area contributed by atoms with Crippen molar-refractivity contribution < 1.29 is 14.8 Å². The molecule has 0 saturated carbocycles.